The molecule has 2 aliphatic rings. The van der Waals surface area contributed by atoms with E-state index in [0.717, 1.165) is 30.6 Å². The van der Waals surface area contributed by atoms with E-state index in [1.807, 2.05) is 0 Å². The Morgan fingerprint density at radius 3 is 2.43 bits per heavy atom. The summed E-state index contributed by atoms with van der Waals surface area (Å²) in [6, 6.07) is 11.7. The smallest absolute Gasteiger partial charge is 0.338 e. The summed E-state index contributed by atoms with van der Waals surface area (Å²) in [6.45, 7) is 1.96. The van der Waals surface area contributed by atoms with Crippen molar-refractivity contribution < 1.29 is 28.7 Å². The fourth-order valence-corrected chi connectivity index (χ4v) is 4.68. The number of anilines is 2. The maximum Gasteiger partial charge on any atom is 0.338 e. The lowest BCUT2D eigenvalue weighted by atomic mass is 10.1. The lowest BCUT2D eigenvalue weighted by Gasteiger charge is -2.27. The summed E-state index contributed by atoms with van der Waals surface area (Å²) in [5.41, 5.74) is 1.17. The molecule has 1 saturated heterocycles. The third-order valence-corrected chi connectivity index (χ3v) is 6.34. The number of nitrogens with zero attached hydrogens (tertiary/aromatic N) is 2. The van der Waals surface area contributed by atoms with Crippen molar-refractivity contribution in [2.75, 3.05) is 23.9 Å². The van der Waals surface area contributed by atoms with E-state index in [9.17, 15) is 19.2 Å². The van der Waals surface area contributed by atoms with Gasteiger partial charge in [0.15, 0.2) is 0 Å². The number of methoxy groups -OCH3 is 1. The maximum absolute atomic E-state index is 13.4. The first kappa shape index (κ1) is 24.3. The van der Waals surface area contributed by atoms with Crippen LogP contribution in [0.15, 0.2) is 48.5 Å². The molecule has 1 aliphatic heterocycles. The van der Waals surface area contributed by atoms with E-state index in [0.29, 0.717) is 22.7 Å². The second-order valence-corrected chi connectivity index (χ2v) is 8.57. The van der Waals surface area contributed by atoms with E-state index >= 15 is 0 Å². The Hall–Kier alpha value is -3.88. The fraction of sp³-hybridized carbons (Fsp3) is 0.385. The normalized spacial score (nSPS) is 18.2. The van der Waals surface area contributed by atoms with Crippen molar-refractivity contribution in [3.05, 3.63) is 54.1 Å². The van der Waals surface area contributed by atoms with Crippen molar-refractivity contribution in [3.8, 4) is 5.75 Å². The summed E-state index contributed by atoms with van der Waals surface area (Å²) in [7, 11) is 1.54. The Labute approximate surface area is 204 Å². The van der Waals surface area contributed by atoms with Gasteiger partial charge in [-0.15, -0.1) is 0 Å². The van der Waals surface area contributed by atoms with Crippen molar-refractivity contribution in [2.24, 2.45) is 0 Å². The molecule has 4 rings (SSSR count). The molecule has 0 bridgehead atoms. The summed E-state index contributed by atoms with van der Waals surface area (Å²) in [6.07, 6.45) is 3.37. The molecule has 1 unspecified atom stereocenters. The van der Waals surface area contributed by atoms with Crippen LogP contribution < -0.4 is 15.0 Å². The molecule has 184 valence electrons. The maximum atomic E-state index is 13.4. The Bertz CT molecular complexity index is 1110. The molecule has 2 aromatic carbocycles. The van der Waals surface area contributed by atoms with Crippen LogP contribution in [0.2, 0.25) is 0 Å². The van der Waals surface area contributed by atoms with E-state index in [2.05, 4.69) is 5.32 Å². The second-order valence-electron chi connectivity index (χ2n) is 8.57. The van der Waals surface area contributed by atoms with Crippen LogP contribution in [0.1, 0.15) is 49.4 Å². The zero-order valence-electron chi connectivity index (χ0n) is 19.9. The first-order chi connectivity index (χ1) is 16.9. The topological polar surface area (TPSA) is 105 Å². The van der Waals surface area contributed by atoms with Gasteiger partial charge >= 0.3 is 12.0 Å². The second kappa shape index (κ2) is 10.6. The van der Waals surface area contributed by atoms with Crippen LogP contribution in [0.3, 0.4) is 0 Å². The molecule has 35 heavy (non-hydrogen) atoms. The molecular weight excluding hydrogens is 450 g/mol. The summed E-state index contributed by atoms with van der Waals surface area (Å²) in [4.78, 5) is 54.5. The average Bonchev–Trinajstić information content (AvgIpc) is 3.46. The number of carbonyl (C=O) groups excluding carboxylic acids is 4. The molecule has 2 aromatic rings. The van der Waals surface area contributed by atoms with Crippen LogP contribution in [0.25, 0.3) is 0 Å². The third-order valence-electron chi connectivity index (χ3n) is 6.34. The molecule has 1 aliphatic carbocycles. The summed E-state index contributed by atoms with van der Waals surface area (Å²) in [5.74, 6) is -0.719. The standard InChI is InChI=1S/C26H29N3O6/c1-3-35-25(32)17-7-6-8-18(15-17)27-23(30)16-22-24(31)29(20-11-13-21(34-2)14-12-20)26(33)28(22)19-9-4-5-10-19/h6-8,11-15,19,22H,3-5,9-10,16H2,1-2H3,(H,27,30). The highest BCUT2D eigenvalue weighted by Gasteiger charge is 2.49. The van der Waals surface area contributed by atoms with Gasteiger partial charge in [0.1, 0.15) is 11.8 Å². The van der Waals surface area contributed by atoms with Crippen molar-refractivity contribution in [2.45, 2.75) is 51.1 Å². The zero-order valence-corrected chi connectivity index (χ0v) is 19.9. The molecule has 9 heteroatoms. The molecule has 0 aromatic heterocycles. The zero-order chi connectivity index (χ0) is 24.9. The largest absolute Gasteiger partial charge is 0.497 e. The minimum Gasteiger partial charge on any atom is -0.497 e. The molecule has 9 nitrogen and oxygen atoms in total. The predicted octanol–water partition coefficient (Wildman–Crippen LogP) is 3.98. The number of esters is 1. The monoisotopic (exact) mass is 479 g/mol. The highest BCUT2D eigenvalue weighted by atomic mass is 16.5. The number of imide groups is 1. The van der Waals surface area contributed by atoms with Gasteiger partial charge in [-0.2, -0.15) is 0 Å². The number of urea groups is 1. The number of carbonyl (C=O) groups is 4. The Morgan fingerprint density at radius 1 is 1.06 bits per heavy atom. The van der Waals surface area contributed by atoms with E-state index < -0.39 is 29.9 Å². The van der Waals surface area contributed by atoms with Crippen molar-refractivity contribution in [1.29, 1.82) is 0 Å². The molecule has 1 saturated carbocycles. The minimum absolute atomic E-state index is 0.0837. The molecule has 1 atom stereocenters. The number of hydrogen-bond donors (Lipinski definition) is 1. The summed E-state index contributed by atoms with van der Waals surface area (Å²) >= 11 is 0. The Morgan fingerprint density at radius 2 is 1.77 bits per heavy atom. The van der Waals surface area contributed by atoms with Crippen LogP contribution in [-0.4, -0.2) is 54.5 Å². The van der Waals surface area contributed by atoms with Gasteiger partial charge in [-0.05, 0) is 62.2 Å². The number of benzene rings is 2. The van der Waals surface area contributed by atoms with Crippen LogP contribution in [0.5, 0.6) is 5.75 Å². The van der Waals surface area contributed by atoms with Crippen LogP contribution >= 0.6 is 0 Å². The molecule has 0 spiro atoms. The Kier molecular flexibility index (Phi) is 7.33. The number of ether oxygens (including phenoxy) is 2. The predicted molar refractivity (Wildman–Crippen MR) is 129 cm³/mol. The summed E-state index contributed by atoms with van der Waals surface area (Å²) < 4.78 is 10.2. The lowest BCUT2D eigenvalue weighted by molar-refractivity contribution is -0.124. The van der Waals surface area contributed by atoms with E-state index in [4.69, 9.17) is 9.47 Å². The highest BCUT2D eigenvalue weighted by molar-refractivity contribution is 6.22. The van der Waals surface area contributed by atoms with Crippen molar-refractivity contribution in [3.63, 3.8) is 0 Å². The van der Waals surface area contributed by atoms with Gasteiger partial charge in [0, 0.05) is 11.7 Å². The van der Waals surface area contributed by atoms with Crippen LogP contribution in [0.4, 0.5) is 16.2 Å². The fourth-order valence-electron chi connectivity index (χ4n) is 4.68. The number of nitrogens with one attached hydrogen (secondary N) is 1. The molecule has 2 fully saturated rings. The molecule has 4 amide bonds. The molecule has 0 radical (unpaired) electrons. The van der Waals surface area contributed by atoms with E-state index in [-0.39, 0.29) is 19.1 Å². The van der Waals surface area contributed by atoms with Crippen molar-refractivity contribution >= 4 is 35.2 Å². The highest BCUT2D eigenvalue weighted by Crippen LogP contribution is 2.34. The lowest BCUT2D eigenvalue weighted by Crippen LogP contribution is -2.43. The SMILES string of the molecule is CCOC(=O)c1cccc(NC(=O)CC2C(=O)N(c3ccc(OC)cc3)C(=O)N2C2CCCC2)c1. The third kappa shape index (κ3) is 5.13. The quantitative estimate of drug-likeness (QED) is 0.454. The van der Waals surface area contributed by atoms with Gasteiger partial charge in [0.05, 0.1) is 31.4 Å². The van der Waals surface area contributed by atoms with E-state index in [1.54, 1.807) is 61.4 Å². The number of hydrogen-bond acceptors (Lipinski definition) is 6. The minimum atomic E-state index is -0.902. The molecular formula is C26H29N3O6. The number of rotatable bonds is 8. The van der Waals surface area contributed by atoms with Gasteiger partial charge in [0.25, 0.3) is 5.91 Å². The average molecular weight is 480 g/mol. The van der Waals surface area contributed by atoms with Gasteiger partial charge in [-0.3, -0.25) is 9.59 Å². The van der Waals surface area contributed by atoms with Gasteiger partial charge < -0.3 is 19.7 Å². The van der Waals surface area contributed by atoms with Crippen LogP contribution in [-0.2, 0) is 14.3 Å². The number of amides is 4. The van der Waals surface area contributed by atoms with Crippen molar-refractivity contribution in [1.82, 2.24) is 4.90 Å². The molecule has 1 heterocycles. The molecule has 1 N–H and O–H groups in total. The van der Waals surface area contributed by atoms with Gasteiger partial charge in [-0.25, -0.2) is 14.5 Å². The first-order valence-electron chi connectivity index (χ1n) is 11.8. The summed E-state index contributed by atoms with van der Waals surface area (Å²) in [5, 5.41) is 2.75. The Balaban J connectivity index is 1.54. The van der Waals surface area contributed by atoms with Crippen LogP contribution in [0, 0.1) is 0 Å². The van der Waals surface area contributed by atoms with Gasteiger partial charge in [0.2, 0.25) is 5.91 Å². The van der Waals surface area contributed by atoms with E-state index in [1.165, 1.54) is 6.07 Å². The first-order valence-corrected chi connectivity index (χ1v) is 11.8. The van der Waals surface area contributed by atoms with Gasteiger partial charge in [-0.1, -0.05) is 18.9 Å².